The number of piperidine rings is 1. The van der Waals surface area contributed by atoms with Crippen LogP contribution in [0.2, 0.25) is 0 Å². The van der Waals surface area contributed by atoms with Crippen LogP contribution in [0, 0.1) is 11.3 Å². The van der Waals surface area contributed by atoms with Gasteiger partial charge in [0.1, 0.15) is 5.92 Å². The second-order valence-electron chi connectivity index (χ2n) is 7.31. The van der Waals surface area contributed by atoms with Crippen LogP contribution in [0.4, 0.5) is 0 Å². The van der Waals surface area contributed by atoms with E-state index in [1.807, 2.05) is 25.7 Å². The summed E-state index contributed by atoms with van der Waals surface area (Å²) >= 11 is 0. The van der Waals surface area contributed by atoms with Crippen LogP contribution in [-0.4, -0.2) is 46.7 Å². The lowest BCUT2D eigenvalue weighted by Crippen LogP contribution is -2.54. The molecular weight excluding hydrogens is 270 g/mol. The predicted octanol–water partition coefficient (Wildman–Crippen LogP) is 1.73. The molecule has 0 radical (unpaired) electrons. The fourth-order valence-corrected chi connectivity index (χ4v) is 3.71. The molecule has 3 atom stereocenters. The first kappa shape index (κ1) is 16.3. The zero-order valence-corrected chi connectivity index (χ0v) is 13.5. The maximum Gasteiger partial charge on any atom is 0.319 e. The summed E-state index contributed by atoms with van der Waals surface area (Å²) in [4.78, 5) is 27.1. The highest BCUT2D eigenvalue weighted by Gasteiger charge is 2.49. The first-order valence-corrected chi connectivity index (χ1v) is 7.92. The molecule has 2 bridgehead atoms. The molecule has 120 valence electrons. The molecule has 2 aliphatic heterocycles. The average Bonchev–Trinajstić information content (AvgIpc) is 2.60. The Morgan fingerprint density at radius 3 is 2.19 bits per heavy atom. The van der Waals surface area contributed by atoms with Crippen LogP contribution >= 0.6 is 0 Å². The van der Waals surface area contributed by atoms with E-state index in [0.29, 0.717) is 12.8 Å². The Labute approximate surface area is 126 Å². The van der Waals surface area contributed by atoms with Crippen molar-refractivity contribution >= 4 is 11.9 Å². The molecule has 0 spiro atoms. The van der Waals surface area contributed by atoms with Crippen molar-refractivity contribution in [1.29, 1.82) is 0 Å². The highest BCUT2D eigenvalue weighted by atomic mass is 16.5. The Kier molecular flexibility index (Phi) is 4.61. The molecule has 3 unspecified atom stereocenters. The fraction of sp³-hybridized carbons (Fsp3) is 0.875. The minimum Gasteiger partial charge on any atom is -0.465 e. The average molecular weight is 297 g/mol. The largest absolute Gasteiger partial charge is 0.465 e. The Hall–Kier alpha value is -1.10. The topological polar surface area (TPSA) is 66.8 Å². The smallest absolute Gasteiger partial charge is 0.319 e. The zero-order chi connectivity index (χ0) is 15.8. The molecule has 21 heavy (non-hydrogen) atoms. The van der Waals surface area contributed by atoms with Crippen molar-refractivity contribution < 1.29 is 19.4 Å². The second kappa shape index (κ2) is 5.95. The fourth-order valence-electron chi connectivity index (χ4n) is 3.71. The summed E-state index contributed by atoms with van der Waals surface area (Å²) in [5, 5.41) is 9.85. The van der Waals surface area contributed by atoms with Gasteiger partial charge in [-0.1, -0.05) is 20.8 Å². The van der Waals surface area contributed by atoms with Crippen molar-refractivity contribution in [3.8, 4) is 0 Å². The third kappa shape index (κ3) is 3.23. The molecular formula is C16H27NO4. The quantitative estimate of drug-likeness (QED) is 0.636. The monoisotopic (exact) mass is 297 g/mol. The van der Waals surface area contributed by atoms with Crippen LogP contribution in [0.5, 0.6) is 0 Å². The van der Waals surface area contributed by atoms with Gasteiger partial charge in [-0.3, -0.25) is 9.59 Å². The standard InChI is InChI=1S/C16H27NO4/c1-5-21-15(20)13(16(2,3)4)14(19)17-10-6-7-11(17)9-12(18)8-10/h10-13,18H,5-9H2,1-4H3. The number of amides is 1. The van der Waals surface area contributed by atoms with Crippen LogP contribution in [0.1, 0.15) is 53.4 Å². The van der Waals surface area contributed by atoms with Crippen molar-refractivity contribution in [1.82, 2.24) is 4.90 Å². The van der Waals surface area contributed by atoms with Crippen molar-refractivity contribution in [2.24, 2.45) is 11.3 Å². The highest BCUT2D eigenvalue weighted by molar-refractivity contribution is 5.99. The molecule has 2 saturated heterocycles. The van der Waals surface area contributed by atoms with Crippen LogP contribution in [0.25, 0.3) is 0 Å². The van der Waals surface area contributed by atoms with Gasteiger partial charge in [-0.15, -0.1) is 0 Å². The van der Waals surface area contributed by atoms with Gasteiger partial charge in [0.15, 0.2) is 0 Å². The van der Waals surface area contributed by atoms with E-state index < -0.39 is 17.3 Å². The number of carbonyl (C=O) groups excluding carboxylic acids is 2. The van der Waals surface area contributed by atoms with E-state index in [1.54, 1.807) is 6.92 Å². The van der Waals surface area contributed by atoms with Gasteiger partial charge in [0, 0.05) is 12.1 Å². The van der Waals surface area contributed by atoms with Crippen molar-refractivity contribution in [3.63, 3.8) is 0 Å². The van der Waals surface area contributed by atoms with Gasteiger partial charge in [-0.05, 0) is 38.0 Å². The van der Waals surface area contributed by atoms with Crippen LogP contribution < -0.4 is 0 Å². The van der Waals surface area contributed by atoms with Crippen LogP contribution in [0.3, 0.4) is 0 Å². The van der Waals surface area contributed by atoms with Gasteiger partial charge in [-0.2, -0.15) is 0 Å². The van der Waals surface area contributed by atoms with Gasteiger partial charge in [0.05, 0.1) is 12.7 Å². The molecule has 2 fully saturated rings. The number of aliphatic hydroxyl groups excluding tert-OH is 1. The van der Waals surface area contributed by atoms with E-state index in [2.05, 4.69) is 0 Å². The van der Waals surface area contributed by atoms with E-state index in [-0.39, 0.29) is 30.7 Å². The summed E-state index contributed by atoms with van der Waals surface area (Å²) < 4.78 is 5.12. The molecule has 2 rings (SSSR count). The summed E-state index contributed by atoms with van der Waals surface area (Å²) in [6.45, 7) is 7.72. The Bertz CT molecular complexity index is 401. The first-order chi connectivity index (χ1) is 9.75. The molecule has 0 saturated carbocycles. The van der Waals surface area contributed by atoms with Gasteiger partial charge in [0.2, 0.25) is 5.91 Å². The highest BCUT2D eigenvalue weighted by Crippen LogP contribution is 2.39. The summed E-state index contributed by atoms with van der Waals surface area (Å²) in [6, 6.07) is 0.149. The lowest BCUT2D eigenvalue weighted by atomic mass is 9.79. The zero-order valence-electron chi connectivity index (χ0n) is 13.5. The number of esters is 1. The number of rotatable bonds is 3. The number of nitrogens with zero attached hydrogens (tertiary/aromatic N) is 1. The van der Waals surface area contributed by atoms with Crippen molar-refractivity contribution in [2.45, 2.75) is 71.6 Å². The normalized spacial score (nSPS) is 30.1. The summed E-state index contributed by atoms with van der Waals surface area (Å²) in [5.74, 6) is -1.32. The molecule has 5 nitrogen and oxygen atoms in total. The number of fused-ring (bicyclic) bond motifs is 2. The third-order valence-electron chi connectivity index (χ3n) is 4.60. The Morgan fingerprint density at radius 1 is 1.24 bits per heavy atom. The van der Waals surface area contributed by atoms with E-state index in [9.17, 15) is 14.7 Å². The third-order valence-corrected chi connectivity index (χ3v) is 4.60. The minimum absolute atomic E-state index is 0.0746. The molecule has 5 heteroatoms. The summed E-state index contributed by atoms with van der Waals surface area (Å²) in [5.41, 5.74) is -0.473. The Morgan fingerprint density at radius 2 is 1.76 bits per heavy atom. The minimum atomic E-state index is -0.768. The van der Waals surface area contributed by atoms with E-state index >= 15 is 0 Å². The van der Waals surface area contributed by atoms with Crippen molar-refractivity contribution in [2.75, 3.05) is 6.61 Å². The lowest BCUT2D eigenvalue weighted by molar-refractivity contribution is -0.163. The maximum absolute atomic E-state index is 13.0. The first-order valence-electron chi connectivity index (χ1n) is 7.92. The second-order valence-corrected chi connectivity index (χ2v) is 7.31. The van der Waals surface area contributed by atoms with E-state index in [4.69, 9.17) is 4.74 Å². The van der Waals surface area contributed by atoms with E-state index in [1.165, 1.54) is 0 Å². The lowest BCUT2D eigenvalue weighted by Gasteiger charge is -2.41. The van der Waals surface area contributed by atoms with Gasteiger partial charge < -0.3 is 14.7 Å². The van der Waals surface area contributed by atoms with Gasteiger partial charge in [0.25, 0.3) is 0 Å². The van der Waals surface area contributed by atoms with Gasteiger partial charge in [-0.25, -0.2) is 0 Å². The molecule has 0 aromatic heterocycles. The molecule has 0 aliphatic carbocycles. The summed E-state index contributed by atoms with van der Waals surface area (Å²) in [6.07, 6.45) is 2.78. The molecule has 0 aromatic carbocycles. The number of hydrogen-bond donors (Lipinski definition) is 1. The van der Waals surface area contributed by atoms with Crippen molar-refractivity contribution in [3.05, 3.63) is 0 Å². The Balaban J connectivity index is 2.21. The predicted molar refractivity (Wildman–Crippen MR) is 78.5 cm³/mol. The molecule has 2 heterocycles. The molecule has 1 amide bonds. The number of ether oxygens (including phenoxy) is 1. The van der Waals surface area contributed by atoms with Crippen LogP contribution in [0.15, 0.2) is 0 Å². The van der Waals surface area contributed by atoms with Gasteiger partial charge >= 0.3 is 5.97 Å². The molecule has 1 N–H and O–H groups in total. The number of aliphatic hydroxyl groups is 1. The molecule has 0 aromatic rings. The van der Waals surface area contributed by atoms with E-state index in [0.717, 1.165) is 12.8 Å². The number of hydrogen-bond acceptors (Lipinski definition) is 4. The number of carbonyl (C=O) groups is 2. The SMILES string of the molecule is CCOC(=O)C(C(=O)N1C2CCC1CC(O)C2)C(C)(C)C. The van der Waals surface area contributed by atoms with Crippen LogP contribution in [-0.2, 0) is 14.3 Å². The maximum atomic E-state index is 13.0. The molecule has 2 aliphatic rings. The summed E-state index contributed by atoms with van der Waals surface area (Å²) in [7, 11) is 0.